The second kappa shape index (κ2) is 5.40. The minimum Gasteiger partial charge on any atom is -0.396 e. The van der Waals surface area contributed by atoms with E-state index in [9.17, 15) is 9.18 Å². The summed E-state index contributed by atoms with van der Waals surface area (Å²) in [6, 6.07) is 9.45. The van der Waals surface area contributed by atoms with Crippen LogP contribution < -0.4 is 11.1 Å². The van der Waals surface area contributed by atoms with Crippen LogP contribution in [0.15, 0.2) is 40.9 Å². The van der Waals surface area contributed by atoms with Crippen LogP contribution >= 0.6 is 15.9 Å². The Morgan fingerprint density at radius 2 is 2.05 bits per heavy atom. The van der Waals surface area contributed by atoms with Crippen molar-refractivity contribution in [1.82, 2.24) is 0 Å². The Morgan fingerprint density at radius 3 is 2.74 bits per heavy atom. The normalized spacial score (nSPS) is 10.3. The van der Waals surface area contributed by atoms with Crippen molar-refractivity contribution < 1.29 is 9.18 Å². The van der Waals surface area contributed by atoms with E-state index >= 15 is 0 Å². The summed E-state index contributed by atoms with van der Waals surface area (Å²) in [4.78, 5) is 12.1. The molecule has 0 aromatic heterocycles. The molecule has 1 amide bonds. The standard InChI is InChI=1S/C14H12BrFN2O/c1-8-10(3-2-4-11(8)15)14(19)18-9-5-6-12(16)13(17)7-9/h2-7H,17H2,1H3,(H,18,19). The lowest BCUT2D eigenvalue weighted by atomic mass is 10.1. The van der Waals surface area contributed by atoms with Crippen LogP contribution in [0.25, 0.3) is 0 Å². The smallest absolute Gasteiger partial charge is 0.255 e. The maximum Gasteiger partial charge on any atom is 0.255 e. The van der Waals surface area contributed by atoms with Crippen LogP contribution in [-0.2, 0) is 0 Å². The molecule has 0 fully saturated rings. The van der Waals surface area contributed by atoms with Gasteiger partial charge in [-0.3, -0.25) is 4.79 Å². The van der Waals surface area contributed by atoms with E-state index in [-0.39, 0.29) is 11.6 Å². The van der Waals surface area contributed by atoms with E-state index in [4.69, 9.17) is 5.73 Å². The SMILES string of the molecule is Cc1c(Br)cccc1C(=O)Nc1ccc(F)c(N)c1. The van der Waals surface area contributed by atoms with Gasteiger partial charge in [-0.2, -0.15) is 0 Å². The monoisotopic (exact) mass is 322 g/mol. The largest absolute Gasteiger partial charge is 0.396 e. The highest BCUT2D eigenvalue weighted by Crippen LogP contribution is 2.21. The number of nitrogen functional groups attached to an aromatic ring is 1. The number of anilines is 2. The van der Waals surface area contributed by atoms with Crippen molar-refractivity contribution >= 4 is 33.2 Å². The molecular weight excluding hydrogens is 311 g/mol. The van der Waals surface area contributed by atoms with Crippen LogP contribution in [0.5, 0.6) is 0 Å². The van der Waals surface area contributed by atoms with Gasteiger partial charge in [0.1, 0.15) is 5.82 Å². The molecule has 0 aliphatic carbocycles. The molecule has 0 saturated carbocycles. The summed E-state index contributed by atoms with van der Waals surface area (Å²) in [5.41, 5.74) is 7.32. The third-order valence-corrected chi connectivity index (χ3v) is 3.63. The Bertz CT molecular complexity index is 643. The Kier molecular flexibility index (Phi) is 3.85. The highest BCUT2D eigenvalue weighted by molar-refractivity contribution is 9.10. The summed E-state index contributed by atoms with van der Waals surface area (Å²) in [6.45, 7) is 1.85. The van der Waals surface area contributed by atoms with Gasteiger partial charge < -0.3 is 11.1 Å². The molecule has 98 valence electrons. The molecule has 2 aromatic rings. The van der Waals surface area contributed by atoms with Crippen LogP contribution in [0.2, 0.25) is 0 Å². The molecule has 2 aromatic carbocycles. The Labute approximate surface area is 118 Å². The van der Waals surface area contributed by atoms with E-state index in [0.29, 0.717) is 11.3 Å². The second-order valence-corrected chi connectivity index (χ2v) is 4.96. The van der Waals surface area contributed by atoms with Gasteiger partial charge in [-0.1, -0.05) is 22.0 Å². The molecule has 3 nitrogen and oxygen atoms in total. The van der Waals surface area contributed by atoms with Crippen LogP contribution in [0.4, 0.5) is 15.8 Å². The summed E-state index contributed by atoms with van der Waals surface area (Å²) >= 11 is 3.37. The fourth-order valence-electron chi connectivity index (χ4n) is 1.67. The first-order valence-corrected chi connectivity index (χ1v) is 6.40. The van der Waals surface area contributed by atoms with Crippen molar-refractivity contribution in [2.45, 2.75) is 6.92 Å². The average molecular weight is 323 g/mol. The van der Waals surface area contributed by atoms with Crippen molar-refractivity contribution in [3.63, 3.8) is 0 Å². The van der Waals surface area contributed by atoms with Gasteiger partial charge in [-0.25, -0.2) is 4.39 Å². The summed E-state index contributed by atoms with van der Waals surface area (Å²) in [6.07, 6.45) is 0. The van der Waals surface area contributed by atoms with Gasteiger partial charge in [0.15, 0.2) is 0 Å². The second-order valence-electron chi connectivity index (χ2n) is 4.10. The van der Waals surface area contributed by atoms with E-state index in [1.165, 1.54) is 18.2 Å². The molecule has 0 radical (unpaired) electrons. The zero-order valence-corrected chi connectivity index (χ0v) is 11.8. The molecule has 0 spiro atoms. The summed E-state index contributed by atoms with van der Waals surface area (Å²) < 4.78 is 13.9. The maximum atomic E-state index is 13.0. The van der Waals surface area contributed by atoms with Gasteiger partial charge in [-0.15, -0.1) is 0 Å². The molecule has 5 heteroatoms. The topological polar surface area (TPSA) is 55.1 Å². The zero-order chi connectivity index (χ0) is 14.0. The molecule has 0 heterocycles. The average Bonchev–Trinajstić information content (AvgIpc) is 2.37. The number of rotatable bonds is 2. The molecule has 0 saturated heterocycles. The van der Waals surface area contributed by atoms with Crippen LogP contribution in [0.3, 0.4) is 0 Å². The summed E-state index contributed by atoms with van der Waals surface area (Å²) in [5, 5.41) is 2.69. The molecule has 0 aliphatic rings. The maximum absolute atomic E-state index is 13.0. The lowest BCUT2D eigenvalue weighted by molar-refractivity contribution is 0.102. The molecule has 2 rings (SSSR count). The lowest BCUT2D eigenvalue weighted by Gasteiger charge is -2.09. The van der Waals surface area contributed by atoms with Gasteiger partial charge in [0.05, 0.1) is 5.69 Å². The highest BCUT2D eigenvalue weighted by atomic mass is 79.9. The Morgan fingerprint density at radius 1 is 1.32 bits per heavy atom. The Hall–Kier alpha value is -1.88. The van der Waals surface area contributed by atoms with Gasteiger partial charge in [0.2, 0.25) is 0 Å². The predicted molar refractivity (Wildman–Crippen MR) is 77.6 cm³/mol. The number of hydrogen-bond donors (Lipinski definition) is 2. The summed E-state index contributed by atoms with van der Waals surface area (Å²) in [5.74, 6) is -0.763. The van der Waals surface area contributed by atoms with Crippen LogP contribution in [0.1, 0.15) is 15.9 Å². The van der Waals surface area contributed by atoms with Crippen LogP contribution in [0, 0.1) is 12.7 Å². The van der Waals surface area contributed by atoms with Crippen molar-refractivity contribution in [1.29, 1.82) is 0 Å². The van der Waals surface area contributed by atoms with Crippen molar-refractivity contribution in [3.05, 3.63) is 57.8 Å². The van der Waals surface area contributed by atoms with E-state index in [2.05, 4.69) is 21.2 Å². The highest BCUT2D eigenvalue weighted by Gasteiger charge is 2.11. The molecule has 0 atom stereocenters. The molecular formula is C14H12BrFN2O. The molecule has 0 unspecified atom stereocenters. The third kappa shape index (κ3) is 2.93. The number of carbonyl (C=O) groups excluding carboxylic acids is 1. The molecule has 0 aliphatic heterocycles. The van der Waals surface area contributed by atoms with Crippen molar-refractivity contribution in [3.8, 4) is 0 Å². The molecule has 19 heavy (non-hydrogen) atoms. The quantitative estimate of drug-likeness (QED) is 0.828. The molecule has 0 bridgehead atoms. The van der Waals surface area contributed by atoms with E-state index in [1.807, 2.05) is 13.0 Å². The van der Waals surface area contributed by atoms with Crippen molar-refractivity contribution in [2.75, 3.05) is 11.1 Å². The van der Waals surface area contributed by atoms with Gasteiger partial charge in [-0.05, 0) is 42.8 Å². The summed E-state index contributed by atoms with van der Waals surface area (Å²) in [7, 11) is 0. The number of halogens is 2. The first kappa shape index (κ1) is 13.5. The fraction of sp³-hybridized carbons (Fsp3) is 0.0714. The Balaban J connectivity index is 2.26. The van der Waals surface area contributed by atoms with Gasteiger partial charge in [0.25, 0.3) is 5.91 Å². The van der Waals surface area contributed by atoms with E-state index in [1.54, 1.807) is 12.1 Å². The fourth-order valence-corrected chi connectivity index (χ4v) is 2.04. The van der Waals surface area contributed by atoms with Gasteiger partial charge in [0, 0.05) is 15.7 Å². The number of nitrogens with two attached hydrogens (primary N) is 1. The number of carbonyl (C=O) groups is 1. The molecule has 3 N–H and O–H groups in total. The lowest BCUT2D eigenvalue weighted by Crippen LogP contribution is -2.13. The van der Waals surface area contributed by atoms with E-state index < -0.39 is 5.82 Å². The third-order valence-electron chi connectivity index (χ3n) is 2.77. The first-order chi connectivity index (χ1) is 8.99. The van der Waals surface area contributed by atoms with Crippen LogP contribution in [-0.4, -0.2) is 5.91 Å². The number of nitrogens with one attached hydrogen (secondary N) is 1. The number of amides is 1. The van der Waals surface area contributed by atoms with E-state index in [0.717, 1.165) is 10.0 Å². The number of benzene rings is 2. The predicted octanol–water partition coefficient (Wildman–Crippen LogP) is 3.73. The minimum absolute atomic E-state index is 0.00349. The minimum atomic E-state index is -0.503. The number of hydrogen-bond acceptors (Lipinski definition) is 2. The van der Waals surface area contributed by atoms with Gasteiger partial charge >= 0.3 is 0 Å². The first-order valence-electron chi connectivity index (χ1n) is 5.60. The van der Waals surface area contributed by atoms with Crippen molar-refractivity contribution in [2.24, 2.45) is 0 Å². The zero-order valence-electron chi connectivity index (χ0n) is 10.2.